The molecule has 1 heterocycles. The predicted octanol–water partition coefficient (Wildman–Crippen LogP) is 1.20. The summed E-state index contributed by atoms with van der Waals surface area (Å²) in [7, 11) is 0. The van der Waals surface area contributed by atoms with E-state index in [0.29, 0.717) is 12.0 Å². The van der Waals surface area contributed by atoms with E-state index in [-0.39, 0.29) is 18.9 Å². The van der Waals surface area contributed by atoms with Crippen molar-refractivity contribution in [2.45, 2.75) is 18.4 Å². The van der Waals surface area contributed by atoms with Crippen LogP contribution in [0.4, 0.5) is 9.18 Å². The molecular formula is C12H13FN2O3. The number of carboxylic acid groups (broad SMARTS) is 1. The highest BCUT2D eigenvalue weighted by Crippen LogP contribution is 2.29. The summed E-state index contributed by atoms with van der Waals surface area (Å²) in [5, 5.41) is 13.9. The smallest absolute Gasteiger partial charge is 0.405 e. The van der Waals surface area contributed by atoms with Crippen LogP contribution < -0.4 is 10.6 Å². The van der Waals surface area contributed by atoms with Gasteiger partial charge in [-0.05, 0) is 24.1 Å². The SMILES string of the molecule is O=C(O)NC1(c2cccc(F)c2)CCC(=O)NC1. The Labute approximate surface area is 103 Å². The van der Waals surface area contributed by atoms with Gasteiger partial charge in [0, 0.05) is 13.0 Å². The van der Waals surface area contributed by atoms with Crippen LogP contribution in [0.3, 0.4) is 0 Å². The summed E-state index contributed by atoms with van der Waals surface area (Å²) in [6.07, 6.45) is -0.679. The Balaban J connectivity index is 2.35. The monoisotopic (exact) mass is 252 g/mol. The fourth-order valence-corrected chi connectivity index (χ4v) is 2.17. The molecule has 1 aromatic carbocycles. The van der Waals surface area contributed by atoms with Crippen molar-refractivity contribution in [2.75, 3.05) is 6.54 Å². The molecule has 96 valence electrons. The summed E-state index contributed by atoms with van der Waals surface area (Å²) in [5.74, 6) is -0.565. The quantitative estimate of drug-likeness (QED) is 0.740. The van der Waals surface area contributed by atoms with Gasteiger partial charge < -0.3 is 15.7 Å². The topological polar surface area (TPSA) is 78.4 Å². The van der Waals surface area contributed by atoms with Crippen molar-refractivity contribution in [2.24, 2.45) is 0 Å². The van der Waals surface area contributed by atoms with E-state index < -0.39 is 17.4 Å². The average Bonchev–Trinajstić information content (AvgIpc) is 2.32. The van der Waals surface area contributed by atoms with Crippen LogP contribution in [0.5, 0.6) is 0 Å². The molecule has 1 saturated heterocycles. The zero-order valence-electron chi connectivity index (χ0n) is 9.57. The summed E-state index contributed by atoms with van der Waals surface area (Å²) in [6, 6.07) is 5.75. The molecule has 1 fully saturated rings. The third-order valence-electron chi connectivity index (χ3n) is 3.09. The minimum atomic E-state index is -1.20. The van der Waals surface area contributed by atoms with Gasteiger partial charge in [-0.2, -0.15) is 0 Å². The Hall–Kier alpha value is -2.11. The van der Waals surface area contributed by atoms with Gasteiger partial charge in [-0.3, -0.25) is 4.79 Å². The number of carbonyl (C=O) groups is 2. The Bertz CT molecular complexity index is 480. The van der Waals surface area contributed by atoms with E-state index in [9.17, 15) is 14.0 Å². The molecule has 1 aliphatic rings. The molecule has 1 aromatic rings. The molecule has 3 N–H and O–H groups in total. The molecule has 0 aromatic heterocycles. The normalized spacial score (nSPS) is 23.3. The second-order valence-corrected chi connectivity index (χ2v) is 4.30. The largest absolute Gasteiger partial charge is 0.465 e. The fraction of sp³-hybridized carbons (Fsp3) is 0.333. The first kappa shape index (κ1) is 12.3. The van der Waals surface area contributed by atoms with Gasteiger partial charge in [0.25, 0.3) is 0 Å². The molecule has 2 rings (SSSR count). The van der Waals surface area contributed by atoms with E-state index in [1.54, 1.807) is 6.07 Å². The average molecular weight is 252 g/mol. The number of amides is 2. The van der Waals surface area contributed by atoms with E-state index in [0.717, 1.165) is 0 Å². The van der Waals surface area contributed by atoms with Crippen molar-refractivity contribution in [3.8, 4) is 0 Å². The van der Waals surface area contributed by atoms with Crippen molar-refractivity contribution in [3.63, 3.8) is 0 Å². The van der Waals surface area contributed by atoms with Gasteiger partial charge in [0.2, 0.25) is 5.91 Å². The summed E-state index contributed by atoms with van der Waals surface area (Å²) >= 11 is 0. The van der Waals surface area contributed by atoms with Crippen LogP contribution in [-0.2, 0) is 10.3 Å². The number of hydrogen-bond acceptors (Lipinski definition) is 2. The molecule has 1 unspecified atom stereocenters. The van der Waals surface area contributed by atoms with Crippen molar-refractivity contribution in [1.29, 1.82) is 0 Å². The highest BCUT2D eigenvalue weighted by Gasteiger charge is 2.38. The number of carbonyl (C=O) groups excluding carboxylic acids is 1. The van der Waals surface area contributed by atoms with E-state index in [4.69, 9.17) is 5.11 Å². The van der Waals surface area contributed by atoms with Gasteiger partial charge >= 0.3 is 6.09 Å². The number of rotatable bonds is 2. The number of nitrogens with one attached hydrogen (secondary N) is 2. The number of hydrogen-bond donors (Lipinski definition) is 3. The van der Waals surface area contributed by atoms with Crippen molar-refractivity contribution in [3.05, 3.63) is 35.6 Å². The highest BCUT2D eigenvalue weighted by molar-refractivity contribution is 5.78. The first-order valence-electron chi connectivity index (χ1n) is 5.56. The fourth-order valence-electron chi connectivity index (χ4n) is 2.17. The Kier molecular flexibility index (Phi) is 3.18. The van der Waals surface area contributed by atoms with Gasteiger partial charge in [-0.15, -0.1) is 0 Å². The molecule has 1 atom stereocenters. The molecular weight excluding hydrogens is 239 g/mol. The molecule has 5 nitrogen and oxygen atoms in total. The van der Waals surface area contributed by atoms with Gasteiger partial charge in [-0.25, -0.2) is 9.18 Å². The van der Waals surface area contributed by atoms with Crippen molar-refractivity contribution >= 4 is 12.0 Å². The lowest BCUT2D eigenvalue weighted by molar-refractivity contribution is -0.123. The summed E-state index contributed by atoms with van der Waals surface area (Å²) in [5.41, 5.74) is -0.438. The molecule has 0 spiro atoms. The van der Waals surface area contributed by atoms with Gasteiger partial charge in [0.05, 0.1) is 5.54 Å². The molecule has 6 heteroatoms. The maximum Gasteiger partial charge on any atom is 0.405 e. The zero-order valence-corrected chi connectivity index (χ0v) is 9.57. The van der Waals surface area contributed by atoms with E-state index in [2.05, 4.69) is 10.6 Å². The number of halogens is 1. The molecule has 1 aliphatic heterocycles. The molecule has 0 bridgehead atoms. The minimum absolute atomic E-state index is 0.127. The highest BCUT2D eigenvalue weighted by atomic mass is 19.1. The molecule has 2 amide bonds. The second kappa shape index (κ2) is 4.64. The van der Waals surface area contributed by atoms with Crippen LogP contribution in [-0.4, -0.2) is 23.7 Å². The Morgan fingerprint density at radius 3 is 2.83 bits per heavy atom. The van der Waals surface area contributed by atoms with Gasteiger partial charge in [0.15, 0.2) is 0 Å². The van der Waals surface area contributed by atoms with Crippen LogP contribution in [0.15, 0.2) is 24.3 Å². The van der Waals surface area contributed by atoms with E-state index >= 15 is 0 Å². The molecule has 0 radical (unpaired) electrons. The van der Waals surface area contributed by atoms with Crippen LogP contribution in [0.1, 0.15) is 18.4 Å². The van der Waals surface area contributed by atoms with Crippen LogP contribution in [0.2, 0.25) is 0 Å². The van der Waals surface area contributed by atoms with Gasteiger partial charge in [0.1, 0.15) is 5.82 Å². The summed E-state index contributed by atoms with van der Waals surface area (Å²) < 4.78 is 13.2. The first-order chi connectivity index (χ1) is 8.52. The Morgan fingerprint density at radius 2 is 2.28 bits per heavy atom. The van der Waals surface area contributed by atoms with Crippen LogP contribution >= 0.6 is 0 Å². The first-order valence-corrected chi connectivity index (χ1v) is 5.56. The van der Waals surface area contributed by atoms with Crippen LogP contribution in [0.25, 0.3) is 0 Å². The molecule has 0 saturated carbocycles. The standard InChI is InChI=1S/C12H13FN2O3/c13-9-3-1-2-8(6-9)12(15-11(17)18)5-4-10(16)14-7-12/h1-3,6,15H,4-5,7H2,(H,14,16)(H,17,18). The van der Waals surface area contributed by atoms with Crippen LogP contribution in [0, 0.1) is 5.82 Å². The number of benzene rings is 1. The van der Waals surface area contributed by atoms with E-state index in [1.165, 1.54) is 18.2 Å². The third-order valence-corrected chi connectivity index (χ3v) is 3.09. The second-order valence-electron chi connectivity index (χ2n) is 4.30. The minimum Gasteiger partial charge on any atom is -0.465 e. The zero-order chi connectivity index (χ0) is 13.2. The van der Waals surface area contributed by atoms with Gasteiger partial charge in [-0.1, -0.05) is 12.1 Å². The predicted molar refractivity (Wildman–Crippen MR) is 61.5 cm³/mol. The Morgan fingerprint density at radius 1 is 1.50 bits per heavy atom. The lowest BCUT2D eigenvalue weighted by Gasteiger charge is -2.37. The summed E-state index contributed by atoms with van der Waals surface area (Å²) in [6.45, 7) is 0.127. The lowest BCUT2D eigenvalue weighted by Crippen LogP contribution is -2.56. The maximum absolute atomic E-state index is 13.2. The number of piperidine rings is 1. The molecule has 0 aliphatic carbocycles. The third kappa shape index (κ3) is 2.42. The van der Waals surface area contributed by atoms with E-state index in [1.807, 2.05) is 0 Å². The van der Waals surface area contributed by atoms with Crippen molar-refractivity contribution in [1.82, 2.24) is 10.6 Å². The summed E-state index contributed by atoms with van der Waals surface area (Å²) in [4.78, 5) is 22.1. The lowest BCUT2D eigenvalue weighted by atomic mass is 9.83. The maximum atomic E-state index is 13.2. The molecule has 18 heavy (non-hydrogen) atoms. The van der Waals surface area contributed by atoms with Crippen molar-refractivity contribution < 1.29 is 19.1 Å².